The number of rotatable bonds is 1. The average Bonchev–Trinajstić information content (AvgIpc) is 2.37. The smallest absolute Gasteiger partial charge is 0.141 e. The average molecular weight is 265 g/mol. The topological polar surface area (TPSA) is 62.7 Å². The number of nitrogen functional groups attached to an aromatic ring is 1. The summed E-state index contributed by atoms with van der Waals surface area (Å²) in [7, 11) is 0. The van der Waals surface area contributed by atoms with Crippen LogP contribution in [0.3, 0.4) is 0 Å². The number of nitriles is 1. The molecule has 3 heteroatoms. The summed E-state index contributed by atoms with van der Waals surface area (Å²) >= 11 is 0. The van der Waals surface area contributed by atoms with Gasteiger partial charge >= 0.3 is 0 Å². The van der Waals surface area contributed by atoms with Gasteiger partial charge in [0, 0.05) is 11.8 Å². The van der Waals surface area contributed by atoms with E-state index >= 15 is 0 Å². The molecule has 1 aromatic carbocycles. The second kappa shape index (κ2) is 4.97. The van der Waals surface area contributed by atoms with Gasteiger partial charge in [-0.2, -0.15) is 5.26 Å². The molecule has 102 valence electrons. The van der Waals surface area contributed by atoms with E-state index in [0.29, 0.717) is 5.56 Å². The molecular weight excluding hydrogens is 246 g/mol. The number of pyridine rings is 1. The van der Waals surface area contributed by atoms with Crippen molar-refractivity contribution >= 4 is 5.82 Å². The van der Waals surface area contributed by atoms with Crippen LogP contribution in [0.4, 0.5) is 5.82 Å². The first-order chi connectivity index (χ1) is 9.34. The Morgan fingerprint density at radius 2 is 1.85 bits per heavy atom. The van der Waals surface area contributed by atoms with Crippen molar-refractivity contribution in [2.75, 3.05) is 5.73 Å². The molecule has 0 radical (unpaired) electrons. The zero-order valence-electron chi connectivity index (χ0n) is 12.4. The molecule has 0 aliphatic rings. The van der Waals surface area contributed by atoms with E-state index in [1.54, 1.807) is 6.20 Å². The number of anilines is 1. The summed E-state index contributed by atoms with van der Waals surface area (Å²) in [5, 5.41) is 9.31. The molecule has 0 unspecified atom stereocenters. The van der Waals surface area contributed by atoms with Crippen molar-refractivity contribution in [3.05, 3.63) is 47.2 Å². The number of nitrogens with zero attached hydrogens (tertiary/aromatic N) is 2. The number of hydrogen-bond acceptors (Lipinski definition) is 3. The molecule has 3 nitrogen and oxygen atoms in total. The van der Waals surface area contributed by atoms with Gasteiger partial charge in [-0.25, -0.2) is 4.98 Å². The van der Waals surface area contributed by atoms with E-state index in [9.17, 15) is 5.26 Å². The normalized spacial score (nSPS) is 11.2. The molecule has 0 atom stereocenters. The molecule has 1 aromatic heterocycles. The molecule has 0 fully saturated rings. The van der Waals surface area contributed by atoms with Gasteiger partial charge in [-0.05, 0) is 35.1 Å². The predicted octanol–water partition coefficient (Wildman–Crippen LogP) is 3.81. The third-order valence-electron chi connectivity index (χ3n) is 3.49. The fraction of sp³-hybridized carbons (Fsp3) is 0.294. The van der Waals surface area contributed by atoms with Gasteiger partial charge < -0.3 is 5.73 Å². The maximum Gasteiger partial charge on any atom is 0.141 e. The van der Waals surface area contributed by atoms with Crippen LogP contribution in [0.15, 0.2) is 30.5 Å². The molecule has 2 N–H and O–H groups in total. The number of aromatic nitrogens is 1. The van der Waals surface area contributed by atoms with Gasteiger partial charge in [-0.3, -0.25) is 0 Å². The summed E-state index contributed by atoms with van der Waals surface area (Å²) in [5.74, 6) is 0.283. The van der Waals surface area contributed by atoms with Gasteiger partial charge in [-0.15, -0.1) is 0 Å². The standard InChI is InChI=1S/C17H19N3/c1-11-5-6-12(17(2,3)4)9-14(11)13-7-8-20-16(19)15(13)10-18/h5-9H,1-4H3,(H2,19,20). The van der Waals surface area contributed by atoms with Gasteiger partial charge in [-0.1, -0.05) is 39.0 Å². The molecule has 0 aliphatic heterocycles. The minimum absolute atomic E-state index is 0.0633. The minimum atomic E-state index is 0.0633. The van der Waals surface area contributed by atoms with E-state index in [2.05, 4.69) is 50.0 Å². The van der Waals surface area contributed by atoms with Gasteiger partial charge in [0.25, 0.3) is 0 Å². The molecule has 2 aromatic rings. The van der Waals surface area contributed by atoms with E-state index in [1.165, 1.54) is 5.56 Å². The van der Waals surface area contributed by atoms with Crippen molar-refractivity contribution in [1.29, 1.82) is 5.26 Å². The second-order valence-corrected chi connectivity index (χ2v) is 6.01. The zero-order valence-corrected chi connectivity index (χ0v) is 12.4. The second-order valence-electron chi connectivity index (χ2n) is 6.01. The SMILES string of the molecule is Cc1ccc(C(C)(C)C)cc1-c1ccnc(N)c1C#N. The van der Waals surface area contributed by atoms with E-state index < -0.39 is 0 Å². The molecule has 20 heavy (non-hydrogen) atoms. The summed E-state index contributed by atoms with van der Waals surface area (Å²) < 4.78 is 0. The highest BCUT2D eigenvalue weighted by Crippen LogP contribution is 2.32. The largest absolute Gasteiger partial charge is 0.383 e. The maximum absolute atomic E-state index is 9.31. The van der Waals surface area contributed by atoms with Crippen LogP contribution in [0.25, 0.3) is 11.1 Å². The summed E-state index contributed by atoms with van der Waals surface area (Å²) in [5.41, 5.74) is 10.6. The van der Waals surface area contributed by atoms with Crippen LogP contribution in [0, 0.1) is 18.3 Å². The summed E-state index contributed by atoms with van der Waals surface area (Å²) in [6, 6.07) is 10.4. The Morgan fingerprint density at radius 3 is 2.45 bits per heavy atom. The minimum Gasteiger partial charge on any atom is -0.383 e. The van der Waals surface area contributed by atoms with Crippen LogP contribution in [-0.4, -0.2) is 4.98 Å². The quantitative estimate of drug-likeness (QED) is 0.852. The molecule has 0 amide bonds. The molecule has 0 spiro atoms. The Morgan fingerprint density at radius 1 is 1.15 bits per heavy atom. The molecule has 0 aliphatic carbocycles. The van der Waals surface area contributed by atoms with Crippen molar-refractivity contribution in [2.24, 2.45) is 0 Å². The third kappa shape index (κ3) is 2.50. The highest BCUT2D eigenvalue weighted by atomic mass is 14.8. The lowest BCUT2D eigenvalue weighted by atomic mass is 9.84. The van der Waals surface area contributed by atoms with Crippen molar-refractivity contribution in [1.82, 2.24) is 4.98 Å². The van der Waals surface area contributed by atoms with Gasteiger partial charge in [0.1, 0.15) is 17.5 Å². The van der Waals surface area contributed by atoms with Crippen LogP contribution in [-0.2, 0) is 5.41 Å². The fourth-order valence-electron chi connectivity index (χ4n) is 2.20. The highest BCUT2D eigenvalue weighted by Gasteiger charge is 2.17. The fourth-order valence-corrected chi connectivity index (χ4v) is 2.20. The van der Waals surface area contributed by atoms with Crippen LogP contribution in [0.2, 0.25) is 0 Å². The summed E-state index contributed by atoms with van der Waals surface area (Å²) in [4.78, 5) is 3.99. The van der Waals surface area contributed by atoms with Gasteiger partial charge in [0.15, 0.2) is 0 Å². The Kier molecular flexibility index (Phi) is 3.50. The number of aryl methyl sites for hydroxylation is 1. The number of nitrogens with two attached hydrogens (primary N) is 1. The van der Waals surface area contributed by atoms with Crippen LogP contribution in [0.1, 0.15) is 37.5 Å². The Balaban J connectivity index is 2.71. The van der Waals surface area contributed by atoms with E-state index in [1.807, 2.05) is 13.0 Å². The molecule has 0 bridgehead atoms. The first kappa shape index (κ1) is 14.1. The zero-order chi connectivity index (χ0) is 14.9. The molecule has 0 saturated carbocycles. The van der Waals surface area contributed by atoms with Crippen molar-refractivity contribution < 1.29 is 0 Å². The third-order valence-corrected chi connectivity index (χ3v) is 3.49. The lowest BCUT2D eigenvalue weighted by molar-refractivity contribution is 0.590. The monoisotopic (exact) mass is 265 g/mol. The predicted molar refractivity (Wildman–Crippen MR) is 82.2 cm³/mol. The first-order valence-electron chi connectivity index (χ1n) is 6.60. The van der Waals surface area contributed by atoms with Crippen molar-refractivity contribution in [3.63, 3.8) is 0 Å². The van der Waals surface area contributed by atoms with Crippen LogP contribution >= 0.6 is 0 Å². The van der Waals surface area contributed by atoms with E-state index in [0.717, 1.165) is 16.7 Å². The highest BCUT2D eigenvalue weighted by molar-refractivity contribution is 5.77. The molecule has 1 heterocycles. The Labute approximate surface area is 120 Å². The lowest BCUT2D eigenvalue weighted by Crippen LogP contribution is -2.11. The molecular formula is C17H19N3. The summed E-state index contributed by atoms with van der Waals surface area (Å²) in [6.45, 7) is 8.56. The van der Waals surface area contributed by atoms with E-state index in [-0.39, 0.29) is 11.2 Å². The van der Waals surface area contributed by atoms with Crippen LogP contribution in [0.5, 0.6) is 0 Å². The van der Waals surface area contributed by atoms with Crippen molar-refractivity contribution in [3.8, 4) is 17.2 Å². The molecule has 0 saturated heterocycles. The van der Waals surface area contributed by atoms with Gasteiger partial charge in [0.2, 0.25) is 0 Å². The number of hydrogen-bond donors (Lipinski definition) is 1. The lowest BCUT2D eigenvalue weighted by Gasteiger charge is -2.21. The summed E-state index contributed by atoms with van der Waals surface area (Å²) in [6.07, 6.45) is 1.65. The van der Waals surface area contributed by atoms with Crippen molar-refractivity contribution in [2.45, 2.75) is 33.1 Å². The van der Waals surface area contributed by atoms with Gasteiger partial charge in [0.05, 0.1) is 0 Å². The maximum atomic E-state index is 9.31. The Hall–Kier alpha value is -2.34. The molecule has 2 rings (SSSR count). The number of benzene rings is 1. The first-order valence-corrected chi connectivity index (χ1v) is 6.60. The Bertz CT molecular complexity index is 688. The van der Waals surface area contributed by atoms with Crippen LogP contribution < -0.4 is 5.73 Å². The van der Waals surface area contributed by atoms with E-state index in [4.69, 9.17) is 5.73 Å².